The molecule has 94 valence electrons. The van der Waals surface area contributed by atoms with Crippen LogP contribution in [0.4, 0.5) is 5.69 Å². The van der Waals surface area contributed by atoms with E-state index in [1.54, 1.807) is 6.26 Å². The lowest BCUT2D eigenvalue weighted by atomic mass is 10.2. The lowest BCUT2D eigenvalue weighted by Crippen LogP contribution is -2.23. The van der Waals surface area contributed by atoms with E-state index in [2.05, 4.69) is 10.3 Å². The first kappa shape index (κ1) is 12.2. The van der Waals surface area contributed by atoms with Crippen LogP contribution < -0.4 is 11.1 Å². The van der Waals surface area contributed by atoms with Crippen LogP contribution in [0.2, 0.25) is 0 Å². The molecular weight excluding hydrogens is 226 g/mol. The van der Waals surface area contributed by atoms with Gasteiger partial charge in [-0.2, -0.15) is 0 Å². The number of nitrogens with zero attached hydrogens (tertiary/aromatic N) is 1. The second-order valence-corrected chi connectivity index (χ2v) is 4.09. The Hall–Kier alpha value is -2.23. The van der Waals surface area contributed by atoms with Gasteiger partial charge >= 0.3 is 0 Å². The molecule has 0 amide bonds. The van der Waals surface area contributed by atoms with E-state index in [0.717, 1.165) is 17.9 Å². The minimum Gasteiger partial charge on any atom is -0.469 e. The van der Waals surface area contributed by atoms with E-state index in [0.29, 0.717) is 12.5 Å². The predicted octanol–water partition coefficient (Wildman–Crippen LogP) is 2.56. The largest absolute Gasteiger partial charge is 0.469 e. The number of nitrogens with one attached hydrogen (secondary N) is 1. The van der Waals surface area contributed by atoms with Crippen LogP contribution in [0.3, 0.4) is 0 Å². The molecule has 2 rings (SSSR count). The highest BCUT2D eigenvalue weighted by Crippen LogP contribution is 2.08. The van der Waals surface area contributed by atoms with Gasteiger partial charge in [0.25, 0.3) is 0 Å². The fourth-order valence-electron chi connectivity index (χ4n) is 1.57. The number of nitrogens with two attached hydrogens (primary N) is 1. The van der Waals surface area contributed by atoms with E-state index in [-0.39, 0.29) is 0 Å². The third kappa shape index (κ3) is 3.66. The summed E-state index contributed by atoms with van der Waals surface area (Å²) in [6, 6.07) is 11.8. The summed E-state index contributed by atoms with van der Waals surface area (Å²) in [5.41, 5.74) is 7.95. The normalized spacial score (nSPS) is 11.5. The molecule has 4 heteroatoms. The van der Waals surface area contributed by atoms with E-state index in [4.69, 9.17) is 10.2 Å². The monoisotopic (exact) mass is 243 g/mol. The predicted molar refractivity (Wildman–Crippen MR) is 73.7 cm³/mol. The SMILES string of the molecule is Cc1ccc(NC(N)=NCCc2ccco2)cc1. The molecule has 0 spiro atoms. The fraction of sp³-hybridized carbons (Fsp3) is 0.214. The maximum atomic E-state index is 5.79. The first-order chi connectivity index (χ1) is 8.74. The van der Waals surface area contributed by atoms with E-state index in [1.807, 2.05) is 43.3 Å². The molecule has 4 nitrogen and oxygen atoms in total. The summed E-state index contributed by atoms with van der Waals surface area (Å²) in [5.74, 6) is 1.34. The maximum Gasteiger partial charge on any atom is 0.193 e. The number of benzene rings is 1. The summed E-state index contributed by atoms with van der Waals surface area (Å²) in [6.07, 6.45) is 2.41. The van der Waals surface area contributed by atoms with E-state index >= 15 is 0 Å². The van der Waals surface area contributed by atoms with E-state index in [9.17, 15) is 0 Å². The molecule has 18 heavy (non-hydrogen) atoms. The molecule has 0 radical (unpaired) electrons. The van der Waals surface area contributed by atoms with Crippen molar-refractivity contribution in [2.75, 3.05) is 11.9 Å². The minimum absolute atomic E-state index is 0.422. The zero-order valence-electron chi connectivity index (χ0n) is 10.4. The molecule has 1 heterocycles. The highest BCUT2D eigenvalue weighted by atomic mass is 16.3. The van der Waals surface area contributed by atoms with Crippen molar-refractivity contribution >= 4 is 11.6 Å². The first-order valence-corrected chi connectivity index (χ1v) is 5.90. The van der Waals surface area contributed by atoms with Crippen LogP contribution in [-0.4, -0.2) is 12.5 Å². The smallest absolute Gasteiger partial charge is 0.193 e. The quantitative estimate of drug-likeness (QED) is 0.640. The molecule has 0 saturated carbocycles. The van der Waals surface area contributed by atoms with Gasteiger partial charge in [-0.25, -0.2) is 0 Å². The number of aliphatic imine (C=N–C) groups is 1. The van der Waals surface area contributed by atoms with Gasteiger partial charge in [-0.3, -0.25) is 4.99 Å². The second kappa shape index (κ2) is 5.91. The summed E-state index contributed by atoms with van der Waals surface area (Å²) < 4.78 is 5.22. The third-order valence-corrected chi connectivity index (χ3v) is 2.54. The average molecular weight is 243 g/mol. The zero-order chi connectivity index (χ0) is 12.8. The number of hydrogen-bond donors (Lipinski definition) is 2. The summed E-state index contributed by atoms with van der Waals surface area (Å²) in [4.78, 5) is 4.24. The van der Waals surface area contributed by atoms with Gasteiger partial charge in [0.1, 0.15) is 5.76 Å². The number of rotatable bonds is 4. The van der Waals surface area contributed by atoms with E-state index in [1.165, 1.54) is 5.56 Å². The van der Waals surface area contributed by atoms with Gasteiger partial charge in [0.2, 0.25) is 0 Å². The van der Waals surface area contributed by atoms with Gasteiger partial charge in [-0.1, -0.05) is 17.7 Å². The van der Waals surface area contributed by atoms with Crippen LogP contribution in [0.25, 0.3) is 0 Å². The fourth-order valence-corrected chi connectivity index (χ4v) is 1.57. The topological polar surface area (TPSA) is 63.5 Å². The average Bonchev–Trinajstić information content (AvgIpc) is 2.85. The molecular formula is C14H17N3O. The summed E-state index contributed by atoms with van der Waals surface area (Å²) >= 11 is 0. The molecule has 2 aromatic rings. The van der Waals surface area contributed by atoms with Gasteiger partial charge < -0.3 is 15.5 Å². The van der Waals surface area contributed by atoms with Gasteiger partial charge in [0.05, 0.1) is 6.26 Å². The molecule has 0 atom stereocenters. The van der Waals surface area contributed by atoms with Gasteiger partial charge in [0, 0.05) is 18.7 Å². The highest BCUT2D eigenvalue weighted by Gasteiger charge is 1.96. The Labute approximate surface area is 107 Å². The maximum absolute atomic E-state index is 5.79. The number of hydrogen-bond acceptors (Lipinski definition) is 2. The van der Waals surface area contributed by atoms with Crippen molar-refractivity contribution in [2.24, 2.45) is 10.7 Å². The molecule has 0 bridgehead atoms. The first-order valence-electron chi connectivity index (χ1n) is 5.90. The molecule has 1 aromatic heterocycles. The van der Waals surface area contributed by atoms with Gasteiger partial charge in [-0.15, -0.1) is 0 Å². The molecule has 0 saturated heterocycles. The van der Waals surface area contributed by atoms with Gasteiger partial charge in [-0.05, 0) is 31.2 Å². The molecule has 3 N–H and O–H groups in total. The van der Waals surface area contributed by atoms with Crippen molar-refractivity contribution in [1.29, 1.82) is 0 Å². The van der Waals surface area contributed by atoms with Crippen molar-refractivity contribution in [2.45, 2.75) is 13.3 Å². The van der Waals surface area contributed by atoms with Crippen LogP contribution >= 0.6 is 0 Å². The second-order valence-electron chi connectivity index (χ2n) is 4.09. The van der Waals surface area contributed by atoms with Crippen LogP contribution in [0, 0.1) is 6.92 Å². The summed E-state index contributed by atoms with van der Waals surface area (Å²) in [6.45, 7) is 2.66. The molecule has 0 aliphatic heterocycles. The number of guanidine groups is 1. The summed E-state index contributed by atoms with van der Waals surface area (Å²) in [7, 11) is 0. The van der Waals surface area contributed by atoms with Crippen molar-refractivity contribution in [3.8, 4) is 0 Å². The van der Waals surface area contributed by atoms with Crippen LogP contribution in [0.5, 0.6) is 0 Å². The Morgan fingerprint density at radius 3 is 2.72 bits per heavy atom. The zero-order valence-corrected chi connectivity index (χ0v) is 10.4. The Bertz CT molecular complexity index is 500. The van der Waals surface area contributed by atoms with Crippen LogP contribution in [0.1, 0.15) is 11.3 Å². The van der Waals surface area contributed by atoms with Crippen molar-refractivity contribution in [3.05, 3.63) is 54.0 Å². The molecule has 0 aliphatic rings. The molecule has 1 aromatic carbocycles. The highest BCUT2D eigenvalue weighted by molar-refractivity contribution is 5.92. The van der Waals surface area contributed by atoms with Crippen molar-refractivity contribution in [3.63, 3.8) is 0 Å². The molecule has 0 unspecified atom stereocenters. The van der Waals surface area contributed by atoms with E-state index < -0.39 is 0 Å². The van der Waals surface area contributed by atoms with Gasteiger partial charge in [0.15, 0.2) is 5.96 Å². The third-order valence-electron chi connectivity index (χ3n) is 2.54. The van der Waals surface area contributed by atoms with Crippen LogP contribution in [-0.2, 0) is 6.42 Å². The summed E-state index contributed by atoms with van der Waals surface area (Å²) in [5, 5.41) is 3.05. The Balaban J connectivity index is 1.83. The Morgan fingerprint density at radius 1 is 1.28 bits per heavy atom. The Morgan fingerprint density at radius 2 is 2.06 bits per heavy atom. The number of anilines is 1. The molecule has 0 fully saturated rings. The molecule has 0 aliphatic carbocycles. The van der Waals surface area contributed by atoms with Crippen LogP contribution in [0.15, 0.2) is 52.1 Å². The standard InChI is InChI=1S/C14H17N3O/c1-11-4-6-12(7-5-11)17-14(15)16-9-8-13-3-2-10-18-13/h2-7,10H,8-9H2,1H3,(H3,15,16,17). The Kier molecular flexibility index (Phi) is 4.02. The lowest BCUT2D eigenvalue weighted by Gasteiger charge is -2.05. The van der Waals surface area contributed by atoms with Crippen molar-refractivity contribution in [1.82, 2.24) is 0 Å². The number of aryl methyl sites for hydroxylation is 1. The lowest BCUT2D eigenvalue weighted by molar-refractivity contribution is 0.511. The van der Waals surface area contributed by atoms with Crippen molar-refractivity contribution < 1.29 is 4.42 Å². The minimum atomic E-state index is 0.422. The number of furan rings is 1.